The monoisotopic (exact) mass is 417 g/mol. The molecular formula is C15H16Cl5NO2. The zero-order valence-electron chi connectivity index (χ0n) is 12.6. The maximum atomic E-state index is 12.3. The van der Waals surface area contributed by atoms with Crippen LogP contribution in [0, 0.1) is 11.8 Å². The molecule has 1 amide bonds. The van der Waals surface area contributed by atoms with Crippen molar-refractivity contribution >= 4 is 63.9 Å². The number of hydrogen-bond acceptors (Lipinski definition) is 2. The van der Waals surface area contributed by atoms with Gasteiger partial charge in [0.1, 0.15) is 10.0 Å². The number of hydrogen-bond donors (Lipinski definition) is 0. The Balaban J connectivity index is 2.11. The summed E-state index contributed by atoms with van der Waals surface area (Å²) in [5.41, 5.74) is 0. The highest BCUT2D eigenvalue weighted by Crippen LogP contribution is 2.48. The van der Waals surface area contributed by atoms with Crippen LogP contribution in [0.15, 0.2) is 0 Å². The molecule has 0 aliphatic carbocycles. The number of rotatable bonds is 3. The molecule has 2 rings (SSSR count). The number of ether oxygens (including phenoxy) is 1. The summed E-state index contributed by atoms with van der Waals surface area (Å²) < 4.78 is 5.49. The van der Waals surface area contributed by atoms with E-state index in [4.69, 9.17) is 62.7 Å². The van der Waals surface area contributed by atoms with E-state index < -0.39 is 0 Å². The quantitative estimate of drug-likeness (QED) is 0.455. The van der Waals surface area contributed by atoms with Gasteiger partial charge in [0.25, 0.3) is 5.91 Å². The minimum absolute atomic E-state index is 0.0410. The second-order valence-corrected chi connectivity index (χ2v) is 7.82. The van der Waals surface area contributed by atoms with E-state index in [2.05, 4.69) is 13.8 Å². The molecule has 1 aromatic carbocycles. The van der Waals surface area contributed by atoms with Crippen molar-refractivity contribution in [1.82, 2.24) is 4.90 Å². The van der Waals surface area contributed by atoms with Gasteiger partial charge in [-0.3, -0.25) is 4.79 Å². The molecular weight excluding hydrogens is 403 g/mol. The first-order valence-corrected chi connectivity index (χ1v) is 9.03. The van der Waals surface area contributed by atoms with Crippen LogP contribution in [-0.2, 0) is 4.79 Å². The number of benzene rings is 1. The number of halogens is 5. The van der Waals surface area contributed by atoms with E-state index in [1.807, 2.05) is 0 Å². The van der Waals surface area contributed by atoms with Crippen LogP contribution in [0.3, 0.4) is 0 Å². The lowest BCUT2D eigenvalue weighted by atomic mass is 9.92. The summed E-state index contributed by atoms with van der Waals surface area (Å²) in [6.07, 6.45) is 1.12. The maximum Gasteiger partial charge on any atom is 0.260 e. The van der Waals surface area contributed by atoms with Crippen molar-refractivity contribution in [2.45, 2.75) is 20.3 Å². The fraction of sp³-hybridized carbons (Fsp3) is 0.533. The van der Waals surface area contributed by atoms with Crippen LogP contribution < -0.4 is 4.74 Å². The number of carbonyl (C=O) groups is 1. The summed E-state index contributed by atoms with van der Waals surface area (Å²) in [5, 5.41) is 0.231. The van der Waals surface area contributed by atoms with E-state index in [0.29, 0.717) is 11.8 Å². The second kappa shape index (κ2) is 7.88. The van der Waals surface area contributed by atoms with Gasteiger partial charge < -0.3 is 9.64 Å². The number of amides is 1. The minimum Gasteiger partial charge on any atom is -0.481 e. The van der Waals surface area contributed by atoms with E-state index in [1.165, 1.54) is 0 Å². The van der Waals surface area contributed by atoms with Crippen molar-refractivity contribution in [3.05, 3.63) is 25.1 Å². The Bertz CT molecular complexity index is 583. The summed E-state index contributed by atoms with van der Waals surface area (Å²) in [6.45, 7) is 5.51. The average Bonchev–Trinajstić information content (AvgIpc) is 2.49. The molecule has 0 spiro atoms. The van der Waals surface area contributed by atoms with E-state index in [9.17, 15) is 4.79 Å². The SMILES string of the molecule is CC1CC(C)CN(C(=O)COc2c(Cl)c(Cl)c(Cl)c(Cl)c2Cl)C1. The smallest absolute Gasteiger partial charge is 0.260 e. The Morgan fingerprint density at radius 2 is 1.39 bits per heavy atom. The predicted octanol–water partition coefficient (Wildman–Crippen LogP) is 5.84. The molecule has 1 aliphatic rings. The first-order valence-electron chi connectivity index (χ1n) is 7.14. The van der Waals surface area contributed by atoms with Gasteiger partial charge in [-0.25, -0.2) is 0 Å². The zero-order chi connectivity index (χ0) is 17.3. The normalized spacial score (nSPS) is 21.4. The molecule has 1 aliphatic heterocycles. The topological polar surface area (TPSA) is 29.5 Å². The fourth-order valence-electron chi connectivity index (χ4n) is 2.80. The Morgan fingerprint density at radius 1 is 0.957 bits per heavy atom. The van der Waals surface area contributed by atoms with Crippen LogP contribution in [0.25, 0.3) is 0 Å². The third-order valence-electron chi connectivity index (χ3n) is 3.73. The molecule has 2 atom stereocenters. The van der Waals surface area contributed by atoms with Crippen molar-refractivity contribution < 1.29 is 9.53 Å². The first-order chi connectivity index (χ1) is 10.7. The molecule has 1 aromatic rings. The first kappa shape index (κ1) is 19.3. The number of likely N-dealkylation sites (tertiary alicyclic amines) is 1. The van der Waals surface area contributed by atoms with Gasteiger partial charge in [0.05, 0.1) is 15.1 Å². The van der Waals surface area contributed by atoms with Gasteiger partial charge in [-0.05, 0) is 18.3 Å². The second-order valence-electron chi connectivity index (χ2n) is 5.93. The molecule has 0 N–H and O–H groups in total. The minimum atomic E-state index is -0.187. The van der Waals surface area contributed by atoms with Gasteiger partial charge in [-0.2, -0.15) is 0 Å². The maximum absolute atomic E-state index is 12.3. The van der Waals surface area contributed by atoms with E-state index >= 15 is 0 Å². The van der Waals surface area contributed by atoms with Crippen molar-refractivity contribution in [2.24, 2.45) is 11.8 Å². The van der Waals surface area contributed by atoms with Crippen LogP contribution in [0.4, 0.5) is 0 Å². The van der Waals surface area contributed by atoms with Gasteiger partial charge in [-0.1, -0.05) is 71.9 Å². The van der Waals surface area contributed by atoms with E-state index in [1.54, 1.807) is 4.90 Å². The molecule has 23 heavy (non-hydrogen) atoms. The van der Waals surface area contributed by atoms with Gasteiger partial charge in [0, 0.05) is 13.1 Å². The van der Waals surface area contributed by atoms with Crippen molar-refractivity contribution in [1.29, 1.82) is 0 Å². The summed E-state index contributed by atoms with van der Waals surface area (Å²) in [7, 11) is 0. The molecule has 128 valence electrons. The third-order valence-corrected chi connectivity index (χ3v) is 5.97. The van der Waals surface area contributed by atoms with E-state index in [-0.39, 0.29) is 43.4 Å². The summed E-state index contributed by atoms with van der Waals surface area (Å²) in [5.74, 6) is 0.875. The molecule has 3 nitrogen and oxygen atoms in total. The van der Waals surface area contributed by atoms with Gasteiger partial charge in [0.2, 0.25) is 0 Å². The summed E-state index contributed by atoms with van der Waals surface area (Å²) in [6, 6.07) is 0. The zero-order valence-corrected chi connectivity index (χ0v) is 16.4. The number of nitrogens with zero attached hydrogens (tertiary/aromatic N) is 1. The molecule has 2 unspecified atom stereocenters. The average molecular weight is 420 g/mol. The third kappa shape index (κ3) is 4.32. The Kier molecular flexibility index (Phi) is 6.60. The van der Waals surface area contributed by atoms with Gasteiger partial charge in [-0.15, -0.1) is 0 Å². The van der Waals surface area contributed by atoms with Crippen LogP contribution in [0.2, 0.25) is 25.1 Å². The van der Waals surface area contributed by atoms with Crippen molar-refractivity contribution in [2.75, 3.05) is 19.7 Å². The largest absolute Gasteiger partial charge is 0.481 e. The molecule has 0 saturated carbocycles. The van der Waals surface area contributed by atoms with Crippen molar-refractivity contribution in [3.8, 4) is 5.75 Å². The Morgan fingerprint density at radius 3 is 1.87 bits per heavy atom. The molecule has 0 aromatic heterocycles. The van der Waals surface area contributed by atoms with Crippen LogP contribution in [0.1, 0.15) is 20.3 Å². The van der Waals surface area contributed by atoms with Crippen molar-refractivity contribution in [3.63, 3.8) is 0 Å². The fourth-order valence-corrected chi connectivity index (χ4v) is 4.03. The lowest BCUT2D eigenvalue weighted by Crippen LogP contribution is -2.44. The molecule has 1 saturated heterocycles. The Hall–Kier alpha value is -0.0600. The molecule has 1 fully saturated rings. The van der Waals surface area contributed by atoms with Crippen LogP contribution >= 0.6 is 58.0 Å². The van der Waals surface area contributed by atoms with Gasteiger partial charge >= 0.3 is 0 Å². The van der Waals surface area contributed by atoms with Crippen LogP contribution in [-0.4, -0.2) is 30.5 Å². The van der Waals surface area contributed by atoms with Crippen LogP contribution in [0.5, 0.6) is 5.75 Å². The lowest BCUT2D eigenvalue weighted by molar-refractivity contribution is -0.136. The number of carbonyl (C=O) groups excluding carboxylic acids is 1. The lowest BCUT2D eigenvalue weighted by Gasteiger charge is -2.35. The molecule has 8 heteroatoms. The highest BCUT2D eigenvalue weighted by molar-refractivity contribution is 6.55. The van der Waals surface area contributed by atoms with Gasteiger partial charge in [0.15, 0.2) is 12.4 Å². The molecule has 0 radical (unpaired) electrons. The highest BCUT2D eigenvalue weighted by atomic mass is 35.5. The van der Waals surface area contributed by atoms with E-state index in [0.717, 1.165) is 19.5 Å². The highest BCUT2D eigenvalue weighted by Gasteiger charge is 2.27. The summed E-state index contributed by atoms with van der Waals surface area (Å²) in [4.78, 5) is 14.1. The number of piperidine rings is 1. The summed E-state index contributed by atoms with van der Waals surface area (Å²) >= 11 is 30.0. The predicted molar refractivity (Wildman–Crippen MR) is 96.5 cm³/mol. The molecule has 1 heterocycles. The Labute approximate surface area is 160 Å². The molecule has 0 bridgehead atoms. The standard InChI is InChI=1S/C15H16Cl5NO2/c1-7-3-8(2)5-21(4-7)9(22)6-23-15-13(19)11(17)10(16)12(18)14(15)20/h7-8H,3-6H2,1-2H3.